The first-order valence-corrected chi connectivity index (χ1v) is 20.0. The molecule has 0 bridgehead atoms. The fraction of sp³-hybridized carbons (Fsp3) is 0.513. The summed E-state index contributed by atoms with van der Waals surface area (Å²) in [4.78, 5) is 32.8. The van der Waals surface area contributed by atoms with Crippen LogP contribution in [-0.2, 0) is 29.7 Å². The number of aryl methyl sites for hydroxylation is 1. The lowest BCUT2D eigenvalue weighted by Crippen LogP contribution is -2.52. The fourth-order valence-corrected chi connectivity index (χ4v) is 8.75. The predicted molar refractivity (Wildman–Crippen MR) is 204 cm³/mol. The second kappa shape index (κ2) is 15.1. The lowest BCUT2D eigenvalue weighted by molar-refractivity contribution is -0.119. The van der Waals surface area contributed by atoms with Gasteiger partial charge in [0.1, 0.15) is 17.5 Å². The second-order valence-electron chi connectivity index (χ2n) is 16.7. The van der Waals surface area contributed by atoms with E-state index in [1.807, 2.05) is 20.8 Å². The summed E-state index contributed by atoms with van der Waals surface area (Å²) in [5, 5.41) is 14.6. The van der Waals surface area contributed by atoms with E-state index >= 15 is 0 Å². The van der Waals surface area contributed by atoms with Crippen LogP contribution in [0.25, 0.3) is 11.3 Å². The largest absolute Gasteiger partial charge is 0.493 e. The Morgan fingerprint density at radius 3 is 2.29 bits per heavy atom. The summed E-state index contributed by atoms with van der Waals surface area (Å²) >= 11 is 0. The number of fused-ring (bicyclic) bond motifs is 1. The summed E-state index contributed by atoms with van der Waals surface area (Å²) in [6, 6.07) is 5.63. The number of anilines is 1. The van der Waals surface area contributed by atoms with Crippen molar-refractivity contribution in [3.8, 4) is 17.0 Å². The van der Waals surface area contributed by atoms with Gasteiger partial charge in [0, 0.05) is 46.5 Å². The zero-order chi connectivity index (χ0) is 41.0. The van der Waals surface area contributed by atoms with Gasteiger partial charge < -0.3 is 15.4 Å². The van der Waals surface area contributed by atoms with E-state index in [2.05, 4.69) is 25.8 Å². The Kier molecular flexibility index (Phi) is 11.1. The first kappa shape index (κ1) is 41.1. The minimum atomic E-state index is -4.01. The van der Waals surface area contributed by atoms with Gasteiger partial charge in [-0.15, -0.1) is 0 Å². The minimum Gasteiger partial charge on any atom is -0.493 e. The van der Waals surface area contributed by atoms with E-state index in [1.165, 1.54) is 12.4 Å². The Balaban J connectivity index is 1.26. The van der Waals surface area contributed by atoms with Crippen LogP contribution < -0.4 is 15.4 Å². The molecule has 1 aromatic carbocycles. The SMILES string of the molecule is Cc1nn(COP(=O)(OC(C)(C)C)OC(C)(C)C)c(C)c1-c1ccc(NC(=O)[C@@H](NC(=O)c2ccnn2C(C)C)C2c3cc(F)c(F)cc3OCC23CC3)cn1. The lowest BCUT2D eigenvalue weighted by Gasteiger charge is -2.38. The molecule has 2 atom stereocenters. The first-order valence-electron chi connectivity index (χ1n) is 18.5. The molecule has 1 unspecified atom stereocenters. The zero-order valence-corrected chi connectivity index (χ0v) is 34.3. The van der Waals surface area contributed by atoms with Crippen LogP contribution >= 0.6 is 7.82 Å². The van der Waals surface area contributed by atoms with Crippen molar-refractivity contribution < 1.29 is 41.2 Å². The molecule has 302 valence electrons. The van der Waals surface area contributed by atoms with E-state index in [-0.39, 0.29) is 30.8 Å². The molecule has 1 aliphatic heterocycles. The number of hydrogen-bond acceptors (Lipinski definition) is 10. The zero-order valence-electron chi connectivity index (χ0n) is 33.4. The third-order valence-corrected chi connectivity index (χ3v) is 11.5. The van der Waals surface area contributed by atoms with Gasteiger partial charge in [0.05, 0.1) is 41.1 Å². The fourth-order valence-electron chi connectivity index (χ4n) is 7.02. The Hall–Kier alpha value is -4.50. The van der Waals surface area contributed by atoms with Crippen molar-refractivity contribution in [3.63, 3.8) is 0 Å². The predicted octanol–water partition coefficient (Wildman–Crippen LogP) is 8.02. The molecule has 2 amide bonds. The van der Waals surface area contributed by atoms with Crippen LogP contribution in [0, 0.1) is 30.9 Å². The molecule has 0 saturated heterocycles. The number of pyridine rings is 1. The van der Waals surface area contributed by atoms with Gasteiger partial charge >= 0.3 is 7.82 Å². The monoisotopic (exact) mass is 797 g/mol. The molecule has 4 aromatic rings. The second-order valence-corrected chi connectivity index (χ2v) is 18.2. The summed E-state index contributed by atoms with van der Waals surface area (Å²) in [6.45, 7) is 17.9. The summed E-state index contributed by atoms with van der Waals surface area (Å²) < 4.78 is 69.0. The van der Waals surface area contributed by atoms with Gasteiger partial charge in [-0.2, -0.15) is 10.2 Å². The van der Waals surface area contributed by atoms with Crippen LogP contribution in [0.3, 0.4) is 0 Å². The number of benzene rings is 1. The van der Waals surface area contributed by atoms with Crippen molar-refractivity contribution in [1.82, 2.24) is 29.9 Å². The van der Waals surface area contributed by atoms with Crippen molar-refractivity contribution in [2.45, 2.75) is 118 Å². The topological polar surface area (TPSA) is 161 Å². The first-order chi connectivity index (χ1) is 26.1. The van der Waals surface area contributed by atoms with Crippen molar-refractivity contribution in [3.05, 3.63) is 77.0 Å². The number of aromatic nitrogens is 5. The molecule has 2 aliphatic rings. The molecule has 17 heteroatoms. The van der Waals surface area contributed by atoms with Gasteiger partial charge in [-0.25, -0.2) is 18.0 Å². The molecule has 1 saturated carbocycles. The maximum Gasteiger partial charge on any atom is 0.477 e. The van der Waals surface area contributed by atoms with Crippen LogP contribution in [0.2, 0.25) is 0 Å². The average molecular weight is 798 g/mol. The Labute approximate surface area is 325 Å². The van der Waals surface area contributed by atoms with Gasteiger partial charge in [-0.1, -0.05) is 0 Å². The Bertz CT molecular complexity index is 2150. The van der Waals surface area contributed by atoms with Crippen molar-refractivity contribution in [2.75, 3.05) is 11.9 Å². The Morgan fingerprint density at radius 1 is 1.04 bits per heavy atom. The van der Waals surface area contributed by atoms with Crippen molar-refractivity contribution in [1.29, 1.82) is 0 Å². The molecule has 6 rings (SSSR count). The van der Waals surface area contributed by atoms with Crippen LogP contribution in [0.5, 0.6) is 5.75 Å². The van der Waals surface area contributed by atoms with E-state index < -0.39 is 59.8 Å². The van der Waals surface area contributed by atoms with E-state index in [1.54, 1.807) is 76.0 Å². The number of ether oxygens (including phenoxy) is 1. The number of nitrogens with one attached hydrogen (secondary N) is 2. The van der Waals surface area contributed by atoms with E-state index in [0.717, 1.165) is 12.1 Å². The molecule has 0 radical (unpaired) electrons. The maximum absolute atomic E-state index is 14.8. The molecule has 1 spiro atoms. The van der Waals surface area contributed by atoms with Crippen molar-refractivity contribution in [2.24, 2.45) is 5.41 Å². The highest BCUT2D eigenvalue weighted by molar-refractivity contribution is 7.48. The number of halogens is 2. The number of amides is 2. The lowest BCUT2D eigenvalue weighted by atomic mass is 9.75. The van der Waals surface area contributed by atoms with Gasteiger partial charge in [0.2, 0.25) is 5.91 Å². The highest BCUT2D eigenvalue weighted by atomic mass is 31.2. The maximum atomic E-state index is 14.8. The summed E-state index contributed by atoms with van der Waals surface area (Å²) in [6.07, 6.45) is 4.31. The number of hydrogen-bond donors (Lipinski definition) is 2. The molecule has 2 N–H and O–H groups in total. The molecule has 1 fully saturated rings. The number of phosphoric acid groups is 1. The van der Waals surface area contributed by atoms with Gasteiger partial charge in [0.15, 0.2) is 18.4 Å². The Morgan fingerprint density at radius 2 is 1.70 bits per heavy atom. The molecular weight excluding hydrogens is 747 g/mol. The van der Waals surface area contributed by atoms with E-state index in [9.17, 15) is 22.9 Å². The van der Waals surface area contributed by atoms with Crippen LogP contribution in [0.4, 0.5) is 14.5 Å². The van der Waals surface area contributed by atoms with E-state index in [0.29, 0.717) is 46.7 Å². The van der Waals surface area contributed by atoms with Crippen LogP contribution in [0.15, 0.2) is 42.7 Å². The van der Waals surface area contributed by atoms with Gasteiger partial charge in [0.25, 0.3) is 5.91 Å². The molecule has 14 nitrogen and oxygen atoms in total. The summed E-state index contributed by atoms with van der Waals surface area (Å²) in [5.74, 6) is -3.88. The van der Waals surface area contributed by atoms with Crippen molar-refractivity contribution >= 4 is 25.3 Å². The molecule has 56 heavy (non-hydrogen) atoms. The van der Waals surface area contributed by atoms with Crippen LogP contribution in [0.1, 0.15) is 108 Å². The van der Waals surface area contributed by atoms with Crippen LogP contribution in [-0.4, -0.2) is 60.2 Å². The molecular formula is C39H50F2N7O7P. The standard InChI is InChI=1S/C39H50F2N7O7P/c1-22(2)48-30(13-16-43-48)35(49)45-34(33-26-17-27(40)28(41)18-31(26)52-20-39(33)14-15-39)36(50)44-25-11-12-29(42-19-25)32-23(3)46-47(24(32)4)21-53-56(51,54-37(5,6)7)55-38(8,9)10/h11-13,16-19,22,33-34H,14-15,20-21H2,1-10H3,(H,44,50)(H,45,49)/t33?,34-/m0/s1. The number of rotatable bonds is 12. The quantitative estimate of drug-likeness (QED) is 0.134. The van der Waals surface area contributed by atoms with E-state index in [4.69, 9.17) is 18.3 Å². The third-order valence-electron chi connectivity index (χ3n) is 9.53. The third kappa shape index (κ3) is 8.88. The molecule has 3 aromatic heterocycles. The number of carbonyl (C=O) groups excluding carboxylic acids is 2. The molecule has 4 heterocycles. The number of phosphoric ester groups is 1. The molecule has 1 aliphatic carbocycles. The summed E-state index contributed by atoms with van der Waals surface area (Å²) in [7, 11) is -4.01. The normalized spacial score (nSPS) is 17.1. The van der Waals surface area contributed by atoms with Gasteiger partial charge in [-0.3, -0.25) is 32.8 Å². The highest BCUT2D eigenvalue weighted by Crippen LogP contribution is 2.61. The smallest absolute Gasteiger partial charge is 0.477 e. The average Bonchev–Trinajstić information content (AvgIpc) is 3.54. The van der Waals surface area contributed by atoms with Gasteiger partial charge in [-0.05, 0) is 106 Å². The highest BCUT2D eigenvalue weighted by Gasteiger charge is 2.58. The minimum absolute atomic E-state index is 0.125. The summed E-state index contributed by atoms with van der Waals surface area (Å²) in [5.41, 5.74) is 1.23. The number of carbonyl (C=O) groups is 2. The number of nitrogens with zero attached hydrogens (tertiary/aromatic N) is 5.